The van der Waals surface area contributed by atoms with Gasteiger partial charge in [-0.1, -0.05) is 48.5 Å². The zero-order valence-electron chi connectivity index (χ0n) is 10.9. The molecule has 0 aliphatic heterocycles. The van der Waals surface area contributed by atoms with Crippen molar-refractivity contribution in [1.29, 1.82) is 0 Å². The molecule has 3 rings (SSSR count). The molecule has 1 N–H and O–H groups in total. The van der Waals surface area contributed by atoms with Crippen LogP contribution in [-0.4, -0.2) is 5.11 Å². The van der Waals surface area contributed by atoms with Gasteiger partial charge in [-0.25, -0.2) is 4.39 Å². The summed E-state index contributed by atoms with van der Waals surface area (Å²) in [7, 11) is 0. The van der Waals surface area contributed by atoms with E-state index in [1.54, 1.807) is 25.1 Å². The molecule has 0 spiro atoms. The molecule has 19 heavy (non-hydrogen) atoms. The van der Waals surface area contributed by atoms with Crippen LogP contribution in [0.15, 0.2) is 48.5 Å². The standard InChI is InChI=1S/C17H17FO/c1-11-6-5-9-13(16(11)18)17(19)15-10-14(15)12-7-3-2-4-8-12/h2-9,14-15,17,19H,10H2,1H3. The van der Waals surface area contributed by atoms with E-state index in [4.69, 9.17) is 0 Å². The number of aliphatic hydroxyl groups is 1. The van der Waals surface area contributed by atoms with Gasteiger partial charge in [-0.3, -0.25) is 0 Å². The van der Waals surface area contributed by atoms with Crippen molar-refractivity contribution in [1.82, 2.24) is 0 Å². The number of rotatable bonds is 3. The maximum absolute atomic E-state index is 14.0. The fourth-order valence-corrected chi connectivity index (χ4v) is 2.78. The lowest BCUT2D eigenvalue weighted by Crippen LogP contribution is -2.05. The molecule has 1 saturated carbocycles. The van der Waals surface area contributed by atoms with E-state index in [2.05, 4.69) is 12.1 Å². The molecule has 0 bridgehead atoms. The molecule has 1 aliphatic rings. The molecule has 0 radical (unpaired) electrons. The third-order valence-electron chi connectivity index (χ3n) is 4.01. The van der Waals surface area contributed by atoms with E-state index in [0.29, 0.717) is 17.0 Å². The van der Waals surface area contributed by atoms with E-state index in [1.807, 2.05) is 18.2 Å². The number of hydrogen-bond acceptors (Lipinski definition) is 1. The minimum atomic E-state index is -0.704. The van der Waals surface area contributed by atoms with Gasteiger partial charge in [-0.2, -0.15) is 0 Å². The number of hydrogen-bond donors (Lipinski definition) is 1. The van der Waals surface area contributed by atoms with Crippen molar-refractivity contribution < 1.29 is 9.50 Å². The van der Waals surface area contributed by atoms with Crippen LogP contribution in [0.4, 0.5) is 4.39 Å². The predicted molar refractivity (Wildman–Crippen MR) is 73.4 cm³/mol. The van der Waals surface area contributed by atoms with Gasteiger partial charge in [0.2, 0.25) is 0 Å². The Morgan fingerprint density at radius 1 is 1.11 bits per heavy atom. The summed E-state index contributed by atoms with van der Waals surface area (Å²) in [5, 5.41) is 10.4. The van der Waals surface area contributed by atoms with E-state index in [1.165, 1.54) is 5.56 Å². The summed E-state index contributed by atoms with van der Waals surface area (Å²) in [6, 6.07) is 15.4. The largest absolute Gasteiger partial charge is 0.388 e. The molecule has 0 aromatic heterocycles. The van der Waals surface area contributed by atoms with Crippen molar-refractivity contribution in [2.75, 3.05) is 0 Å². The molecule has 0 amide bonds. The van der Waals surface area contributed by atoms with Gasteiger partial charge < -0.3 is 5.11 Å². The summed E-state index contributed by atoms with van der Waals surface area (Å²) in [6.45, 7) is 1.73. The second-order valence-electron chi connectivity index (χ2n) is 5.34. The van der Waals surface area contributed by atoms with Gasteiger partial charge in [0.05, 0.1) is 6.10 Å². The highest BCUT2D eigenvalue weighted by molar-refractivity contribution is 5.32. The van der Waals surface area contributed by atoms with Crippen LogP contribution in [0.25, 0.3) is 0 Å². The molecule has 0 heterocycles. The van der Waals surface area contributed by atoms with Crippen LogP contribution in [0.2, 0.25) is 0 Å². The Hall–Kier alpha value is -1.67. The normalized spacial score (nSPS) is 23.1. The number of aryl methyl sites for hydroxylation is 1. The summed E-state index contributed by atoms with van der Waals surface area (Å²) in [6.07, 6.45) is 0.226. The second-order valence-corrected chi connectivity index (χ2v) is 5.34. The highest BCUT2D eigenvalue weighted by Crippen LogP contribution is 2.54. The fourth-order valence-electron chi connectivity index (χ4n) is 2.78. The summed E-state index contributed by atoms with van der Waals surface area (Å²) in [5.74, 6) is 0.225. The first kappa shape index (κ1) is 12.4. The van der Waals surface area contributed by atoms with Crippen LogP contribution < -0.4 is 0 Å². The van der Waals surface area contributed by atoms with E-state index < -0.39 is 6.10 Å². The average molecular weight is 256 g/mol. The maximum atomic E-state index is 14.0. The van der Waals surface area contributed by atoms with Gasteiger partial charge in [0.25, 0.3) is 0 Å². The van der Waals surface area contributed by atoms with Crippen molar-refractivity contribution >= 4 is 0 Å². The van der Waals surface area contributed by atoms with Gasteiger partial charge in [-0.15, -0.1) is 0 Å². The number of aliphatic hydroxyl groups excluding tert-OH is 1. The molecule has 1 aliphatic carbocycles. The Balaban J connectivity index is 1.80. The van der Waals surface area contributed by atoms with Crippen LogP contribution in [-0.2, 0) is 0 Å². The molecule has 1 nitrogen and oxygen atoms in total. The topological polar surface area (TPSA) is 20.2 Å². The monoisotopic (exact) mass is 256 g/mol. The van der Waals surface area contributed by atoms with Crippen molar-refractivity contribution in [2.24, 2.45) is 5.92 Å². The minimum Gasteiger partial charge on any atom is -0.388 e. The lowest BCUT2D eigenvalue weighted by atomic mass is 9.99. The van der Waals surface area contributed by atoms with E-state index in [0.717, 1.165) is 6.42 Å². The van der Waals surface area contributed by atoms with Crippen LogP contribution in [0.3, 0.4) is 0 Å². The molecule has 2 aromatic rings. The van der Waals surface area contributed by atoms with Crippen molar-refractivity contribution in [3.05, 3.63) is 71.0 Å². The Labute approximate surface area is 112 Å². The Bertz CT molecular complexity index is 579. The molecule has 3 unspecified atom stereocenters. The first-order chi connectivity index (χ1) is 9.18. The van der Waals surface area contributed by atoms with Crippen molar-refractivity contribution in [3.63, 3.8) is 0 Å². The molecule has 2 heteroatoms. The van der Waals surface area contributed by atoms with Gasteiger partial charge in [0.15, 0.2) is 0 Å². The molecule has 1 fully saturated rings. The quantitative estimate of drug-likeness (QED) is 0.881. The molecule has 2 aromatic carbocycles. The lowest BCUT2D eigenvalue weighted by Gasteiger charge is -2.13. The molecule has 3 atom stereocenters. The van der Waals surface area contributed by atoms with Gasteiger partial charge in [-0.05, 0) is 36.3 Å². The van der Waals surface area contributed by atoms with Crippen molar-refractivity contribution in [2.45, 2.75) is 25.4 Å². The Morgan fingerprint density at radius 2 is 1.84 bits per heavy atom. The highest BCUT2D eigenvalue weighted by Gasteiger charge is 2.44. The SMILES string of the molecule is Cc1cccc(C(O)C2CC2c2ccccc2)c1F. The van der Waals surface area contributed by atoms with Crippen LogP contribution >= 0.6 is 0 Å². The van der Waals surface area contributed by atoms with Crippen LogP contribution in [0.5, 0.6) is 0 Å². The van der Waals surface area contributed by atoms with Crippen molar-refractivity contribution in [3.8, 4) is 0 Å². The van der Waals surface area contributed by atoms with Gasteiger partial charge in [0, 0.05) is 5.56 Å². The van der Waals surface area contributed by atoms with Crippen LogP contribution in [0.1, 0.15) is 35.1 Å². The predicted octanol–water partition coefficient (Wildman–Crippen LogP) is 3.97. The molecule has 0 saturated heterocycles. The summed E-state index contributed by atoms with van der Waals surface area (Å²) in [5.41, 5.74) is 2.26. The third kappa shape index (κ3) is 2.28. The Kier molecular flexibility index (Phi) is 3.11. The Morgan fingerprint density at radius 3 is 2.58 bits per heavy atom. The van der Waals surface area contributed by atoms with E-state index in [-0.39, 0.29) is 11.7 Å². The molecule has 98 valence electrons. The fraction of sp³-hybridized carbons (Fsp3) is 0.294. The first-order valence-corrected chi connectivity index (χ1v) is 6.66. The minimum absolute atomic E-state index is 0.138. The van der Waals surface area contributed by atoms with Crippen LogP contribution in [0, 0.1) is 18.7 Å². The van der Waals surface area contributed by atoms with E-state index in [9.17, 15) is 9.50 Å². The second kappa shape index (κ2) is 4.78. The zero-order chi connectivity index (χ0) is 13.4. The van der Waals surface area contributed by atoms with Gasteiger partial charge in [0.1, 0.15) is 5.82 Å². The number of benzene rings is 2. The number of halogens is 1. The van der Waals surface area contributed by atoms with Gasteiger partial charge >= 0.3 is 0 Å². The smallest absolute Gasteiger partial charge is 0.131 e. The molecular weight excluding hydrogens is 239 g/mol. The molecular formula is C17H17FO. The first-order valence-electron chi connectivity index (χ1n) is 6.66. The summed E-state index contributed by atoms with van der Waals surface area (Å²) >= 11 is 0. The summed E-state index contributed by atoms with van der Waals surface area (Å²) in [4.78, 5) is 0. The summed E-state index contributed by atoms with van der Waals surface area (Å²) < 4.78 is 14.0. The third-order valence-corrected chi connectivity index (χ3v) is 4.01. The maximum Gasteiger partial charge on any atom is 0.131 e. The zero-order valence-corrected chi connectivity index (χ0v) is 10.9. The average Bonchev–Trinajstić information content (AvgIpc) is 3.22. The lowest BCUT2D eigenvalue weighted by molar-refractivity contribution is 0.146. The highest BCUT2D eigenvalue weighted by atomic mass is 19.1. The van der Waals surface area contributed by atoms with E-state index >= 15 is 0 Å².